The number of anilines is 2. The first-order chi connectivity index (χ1) is 12.6. The Labute approximate surface area is 150 Å². The Balaban J connectivity index is 1.62. The summed E-state index contributed by atoms with van der Waals surface area (Å²) < 4.78 is 5.39. The third-order valence-electron chi connectivity index (χ3n) is 3.95. The van der Waals surface area contributed by atoms with E-state index >= 15 is 0 Å². The highest BCUT2D eigenvalue weighted by Gasteiger charge is 2.24. The molecule has 0 spiro atoms. The Hall–Kier alpha value is -3.35. The molecule has 0 saturated carbocycles. The van der Waals surface area contributed by atoms with Gasteiger partial charge in [-0.25, -0.2) is 0 Å². The van der Waals surface area contributed by atoms with Gasteiger partial charge in [-0.3, -0.25) is 14.4 Å². The molecule has 2 aromatic rings. The van der Waals surface area contributed by atoms with Gasteiger partial charge in [-0.2, -0.15) is 0 Å². The molecular formula is C19H19N3O4. The van der Waals surface area contributed by atoms with Crippen LogP contribution in [0.2, 0.25) is 0 Å². The number of fused-ring (bicyclic) bond motifs is 1. The highest BCUT2D eigenvalue weighted by Crippen LogP contribution is 2.34. The molecule has 0 fully saturated rings. The summed E-state index contributed by atoms with van der Waals surface area (Å²) in [6.07, 6.45) is 0. The van der Waals surface area contributed by atoms with Crippen LogP contribution in [0.3, 0.4) is 0 Å². The molecule has 2 N–H and O–H groups in total. The molecule has 3 amide bonds. The van der Waals surface area contributed by atoms with Gasteiger partial charge in [0.1, 0.15) is 5.75 Å². The highest BCUT2D eigenvalue weighted by molar-refractivity contribution is 6.01. The monoisotopic (exact) mass is 353 g/mol. The van der Waals surface area contributed by atoms with Gasteiger partial charge in [0.15, 0.2) is 6.61 Å². The van der Waals surface area contributed by atoms with Crippen LogP contribution in [0.15, 0.2) is 48.5 Å². The second kappa shape index (κ2) is 7.69. The number of likely N-dealkylation sites (N-methyl/N-ethyl adjacent to an activating group) is 1. The molecule has 1 aliphatic heterocycles. The van der Waals surface area contributed by atoms with E-state index < -0.39 is 0 Å². The zero-order chi connectivity index (χ0) is 18.5. The molecule has 0 saturated heterocycles. The van der Waals surface area contributed by atoms with E-state index in [-0.39, 0.29) is 30.9 Å². The molecule has 3 rings (SSSR count). The predicted molar refractivity (Wildman–Crippen MR) is 97.4 cm³/mol. The lowest BCUT2D eigenvalue weighted by Crippen LogP contribution is -2.38. The van der Waals surface area contributed by atoms with Crippen LogP contribution in [0.1, 0.15) is 17.3 Å². The van der Waals surface area contributed by atoms with Crippen LogP contribution >= 0.6 is 0 Å². The zero-order valence-corrected chi connectivity index (χ0v) is 14.3. The summed E-state index contributed by atoms with van der Waals surface area (Å²) in [4.78, 5) is 37.6. The van der Waals surface area contributed by atoms with Crippen molar-refractivity contribution in [2.24, 2.45) is 0 Å². The Bertz CT molecular complexity index is 836. The maximum atomic E-state index is 12.1. The van der Waals surface area contributed by atoms with Crippen molar-refractivity contribution in [3.8, 4) is 5.75 Å². The molecule has 0 aliphatic carbocycles. The average Bonchev–Trinajstić information content (AvgIpc) is 2.66. The minimum absolute atomic E-state index is 0.0120. The van der Waals surface area contributed by atoms with E-state index in [1.807, 2.05) is 13.0 Å². The van der Waals surface area contributed by atoms with Crippen molar-refractivity contribution < 1.29 is 19.1 Å². The maximum Gasteiger partial charge on any atom is 0.265 e. The molecule has 2 aromatic carbocycles. The van der Waals surface area contributed by atoms with E-state index in [9.17, 15) is 14.4 Å². The summed E-state index contributed by atoms with van der Waals surface area (Å²) in [5.41, 5.74) is 1.64. The number of hydrogen-bond acceptors (Lipinski definition) is 4. The lowest BCUT2D eigenvalue weighted by molar-refractivity contribution is -0.121. The van der Waals surface area contributed by atoms with Crippen LogP contribution in [0.5, 0.6) is 5.75 Å². The summed E-state index contributed by atoms with van der Waals surface area (Å²) >= 11 is 0. The summed E-state index contributed by atoms with van der Waals surface area (Å²) in [7, 11) is 0. The first kappa shape index (κ1) is 17.5. The standard InChI is InChI=1S/C19H19N3O4/c1-2-22-15-10-14(8-9-16(15)26-12-18(22)24)21-17(23)11-20-19(25)13-6-4-3-5-7-13/h3-10H,2,11-12H2,1H3,(H,20,25)(H,21,23). The topological polar surface area (TPSA) is 87.7 Å². The van der Waals surface area contributed by atoms with Crippen LogP contribution in [0.25, 0.3) is 0 Å². The van der Waals surface area contributed by atoms with Gasteiger partial charge in [0.05, 0.1) is 12.2 Å². The predicted octanol–water partition coefficient (Wildman–Crippen LogP) is 1.80. The molecule has 0 unspecified atom stereocenters. The summed E-state index contributed by atoms with van der Waals surface area (Å²) in [5, 5.41) is 5.28. The third-order valence-corrected chi connectivity index (χ3v) is 3.95. The first-order valence-electron chi connectivity index (χ1n) is 8.29. The van der Waals surface area contributed by atoms with Crippen LogP contribution in [0.4, 0.5) is 11.4 Å². The molecule has 0 radical (unpaired) electrons. The Morgan fingerprint density at radius 1 is 1.15 bits per heavy atom. The maximum absolute atomic E-state index is 12.1. The largest absolute Gasteiger partial charge is 0.482 e. The number of nitrogens with zero attached hydrogens (tertiary/aromatic N) is 1. The number of ether oxygens (including phenoxy) is 1. The molecule has 7 heteroatoms. The van der Waals surface area contributed by atoms with Crippen molar-refractivity contribution in [3.63, 3.8) is 0 Å². The number of amides is 3. The van der Waals surface area contributed by atoms with Gasteiger partial charge >= 0.3 is 0 Å². The number of nitrogens with one attached hydrogen (secondary N) is 2. The molecule has 134 valence electrons. The van der Waals surface area contributed by atoms with Gasteiger partial charge in [-0.05, 0) is 37.3 Å². The molecule has 26 heavy (non-hydrogen) atoms. The van der Waals surface area contributed by atoms with E-state index in [1.54, 1.807) is 47.4 Å². The van der Waals surface area contributed by atoms with Crippen molar-refractivity contribution in [1.29, 1.82) is 0 Å². The minimum atomic E-state index is -0.361. The lowest BCUT2D eigenvalue weighted by atomic mass is 10.2. The second-order valence-electron chi connectivity index (χ2n) is 5.71. The van der Waals surface area contributed by atoms with E-state index in [4.69, 9.17) is 4.74 Å². The van der Waals surface area contributed by atoms with Crippen LogP contribution in [-0.2, 0) is 9.59 Å². The van der Waals surface area contributed by atoms with Crippen molar-refractivity contribution in [2.75, 3.05) is 29.9 Å². The van der Waals surface area contributed by atoms with Crippen molar-refractivity contribution in [3.05, 3.63) is 54.1 Å². The molecule has 0 aromatic heterocycles. The fourth-order valence-corrected chi connectivity index (χ4v) is 2.68. The van der Waals surface area contributed by atoms with E-state index in [0.29, 0.717) is 29.2 Å². The van der Waals surface area contributed by atoms with E-state index in [2.05, 4.69) is 10.6 Å². The Kier molecular flexibility index (Phi) is 5.17. The molecule has 0 bridgehead atoms. The molecule has 7 nitrogen and oxygen atoms in total. The van der Waals surface area contributed by atoms with Crippen LogP contribution in [0, 0.1) is 0 Å². The van der Waals surface area contributed by atoms with Crippen molar-refractivity contribution in [2.45, 2.75) is 6.92 Å². The van der Waals surface area contributed by atoms with Crippen molar-refractivity contribution >= 4 is 29.1 Å². The third kappa shape index (κ3) is 3.83. The van der Waals surface area contributed by atoms with Gasteiger partial charge < -0.3 is 20.3 Å². The van der Waals surface area contributed by atoms with Gasteiger partial charge in [0.2, 0.25) is 5.91 Å². The number of benzene rings is 2. The average molecular weight is 353 g/mol. The number of carbonyl (C=O) groups excluding carboxylic acids is 3. The molecule has 0 atom stereocenters. The van der Waals surface area contributed by atoms with E-state index in [1.165, 1.54) is 0 Å². The molecule has 1 heterocycles. The number of hydrogen-bond donors (Lipinski definition) is 2. The summed E-state index contributed by atoms with van der Waals surface area (Å²) in [6.45, 7) is 2.24. The fourth-order valence-electron chi connectivity index (χ4n) is 2.68. The van der Waals surface area contributed by atoms with Gasteiger partial charge in [0.25, 0.3) is 11.8 Å². The van der Waals surface area contributed by atoms with Crippen LogP contribution < -0.4 is 20.3 Å². The number of carbonyl (C=O) groups is 3. The SMILES string of the molecule is CCN1C(=O)COc2ccc(NC(=O)CNC(=O)c3ccccc3)cc21. The fraction of sp³-hybridized carbons (Fsp3) is 0.211. The Morgan fingerprint density at radius 3 is 2.65 bits per heavy atom. The summed E-state index contributed by atoms with van der Waals surface area (Å²) in [6, 6.07) is 13.8. The minimum Gasteiger partial charge on any atom is -0.482 e. The van der Waals surface area contributed by atoms with Crippen molar-refractivity contribution in [1.82, 2.24) is 5.32 Å². The quantitative estimate of drug-likeness (QED) is 0.858. The van der Waals surface area contributed by atoms with Gasteiger partial charge in [0, 0.05) is 17.8 Å². The highest BCUT2D eigenvalue weighted by atomic mass is 16.5. The molecule has 1 aliphatic rings. The second-order valence-corrected chi connectivity index (χ2v) is 5.71. The van der Waals surface area contributed by atoms with Crippen LogP contribution in [-0.4, -0.2) is 37.4 Å². The van der Waals surface area contributed by atoms with Gasteiger partial charge in [-0.15, -0.1) is 0 Å². The van der Waals surface area contributed by atoms with E-state index in [0.717, 1.165) is 0 Å². The number of rotatable bonds is 5. The smallest absolute Gasteiger partial charge is 0.265 e. The molecular weight excluding hydrogens is 334 g/mol. The normalized spacial score (nSPS) is 12.8. The Morgan fingerprint density at radius 2 is 1.92 bits per heavy atom. The first-order valence-corrected chi connectivity index (χ1v) is 8.29. The van der Waals surface area contributed by atoms with Gasteiger partial charge in [-0.1, -0.05) is 18.2 Å². The zero-order valence-electron chi connectivity index (χ0n) is 14.3. The summed E-state index contributed by atoms with van der Waals surface area (Å²) in [5.74, 6) is -0.205. The lowest BCUT2D eigenvalue weighted by Gasteiger charge is -2.28.